The number of carbonyl (C=O) groups excluding carboxylic acids is 1. The SMILES string of the molecule is CC(C)(C)OC(=O)N1CCC[C@H]1/C=N/NCc1ccccc1. The van der Waals surface area contributed by atoms with Crippen LogP contribution in [0, 0.1) is 0 Å². The molecule has 1 saturated heterocycles. The molecule has 1 aromatic carbocycles. The number of nitrogens with zero attached hydrogens (tertiary/aromatic N) is 2. The van der Waals surface area contributed by atoms with Crippen molar-refractivity contribution in [1.82, 2.24) is 10.3 Å². The molecule has 1 atom stereocenters. The van der Waals surface area contributed by atoms with Gasteiger partial charge in [-0.05, 0) is 39.2 Å². The van der Waals surface area contributed by atoms with Gasteiger partial charge in [0, 0.05) is 12.8 Å². The summed E-state index contributed by atoms with van der Waals surface area (Å²) >= 11 is 0. The van der Waals surface area contributed by atoms with E-state index in [2.05, 4.69) is 10.5 Å². The van der Waals surface area contributed by atoms with Gasteiger partial charge in [0.15, 0.2) is 0 Å². The molecule has 5 nitrogen and oxygen atoms in total. The van der Waals surface area contributed by atoms with Crippen LogP contribution in [0.3, 0.4) is 0 Å². The smallest absolute Gasteiger partial charge is 0.410 e. The minimum absolute atomic E-state index is 0.0122. The molecule has 1 aliphatic heterocycles. The van der Waals surface area contributed by atoms with Crippen LogP contribution in [0.2, 0.25) is 0 Å². The molecule has 1 aromatic rings. The molecule has 2 rings (SSSR count). The van der Waals surface area contributed by atoms with Crippen molar-refractivity contribution in [3.8, 4) is 0 Å². The molecule has 120 valence electrons. The fourth-order valence-electron chi connectivity index (χ4n) is 2.37. The number of hydrazone groups is 1. The number of benzene rings is 1. The zero-order valence-electron chi connectivity index (χ0n) is 13.6. The van der Waals surface area contributed by atoms with E-state index in [4.69, 9.17) is 4.74 Å². The Balaban J connectivity index is 1.83. The Morgan fingerprint density at radius 2 is 2.14 bits per heavy atom. The molecule has 0 aliphatic carbocycles. The van der Waals surface area contributed by atoms with Crippen molar-refractivity contribution in [2.75, 3.05) is 6.54 Å². The Kier molecular flexibility index (Phi) is 5.41. The minimum Gasteiger partial charge on any atom is -0.444 e. The van der Waals surface area contributed by atoms with E-state index in [1.165, 1.54) is 5.56 Å². The molecule has 0 radical (unpaired) electrons. The van der Waals surface area contributed by atoms with Gasteiger partial charge >= 0.3 is 6.09 Å². The van der Waals surface area contributed by atoms with Gasteiger partial charge in [-0.25, -0.2) is 4.79 Å². The fraction of sp³-hybridized carbons (Fsp3) is 0.529. The molecule has 22 heavy (non-hydrogen) atoms. The highest BCUT2D eigenvalue weighted by atomic mass is 16.6. The first kappa shape index (κ1) is 16.3. The average Bonchev–Trinajstić information content (AvgIpc) is 2.91. The third-order valence-electron chi connectivity index (χ3n) is 3.39. The summed E-state index contributed by atoms with van der Waals surface area (Å²) in [6.45, 7) is 7.04. The zero-order valence-corrected chi connectivity index (χ0v) is 13.6. The van der Waals surface area contributed by atoms with E-state index >= 15 is 0 Å². The molecule has 1 N–H and O–H groups in total. The lowest BCUT2D eigenvalue weighted by atomic mass is 10.2. The van der Waals surface area contributed by atoms with Crippen LogP contribution >= 0.6 is 0 Å². The third kappa shape index (κ3) is 5.06. The van der Waals surface area contributed by atoms with E-state index in [1.54, 1.807) is 11.1 Å². The van der Waals surface area contributed by atoms with Crippen LogP contribution in [-0.4, -0.2) is 35.4 Å². The van der Waals surface area contributed by atoms with Crippen LogP contribution in [0.15, 0.2) is 35.4 Å². The van der Waals surface area contributed by atoms with Gasteiger partial charge in [-0.15, -0.1) is 0 Å². The van der Waals surface area contributed by atoms with E-state index in [9.17, 15) is 4.79 Å². The maximum absolute atomic E-state index is 12.1. The van der Waals surface area contributed by atoms with E-state index in [1.807, 2.05) is 51.1 Å². The number of ether oxygens (including phenoxy) is 1. The fourth-order valence-corrected chi connectivity index (χ4v) is 2.37. The van der Waals surface area contributed by atoms with Crippen LogP contribution in [0.1, 0.15) is 39.2 Å². The predicted molar refractivity (Wildman–Crippen MR) is 87.7 cm³/mol. The standard InChI is InChI=1S/C17H25N3O2/c1-17(2,3)22-16(21)20-11-7-10-15(20)13-19-18-12-14-8-5-4-6-9-14/h4-6,8-9,13,15,18H,7,10-12H2,1-3H3/b19-13+/t15-/m0/s1. The van der Waals surface area contributed by atoms with Gasteiger partial charge in [-0.3, -0.25) is 0 Å². The highest BCUT2D eigenvalue weighted by Gasteiger charge is 2.31. The largest absolute Gasteiger partial charge is 0.444 e. The summed E-state index contributed by atoms with van der Waals surface area (Å²) in [6.07, 6.45) is 3.45. The second-order valence-electron chi connectivity index (χ2n) is 6.48. The maximum Gasteiger partial charge on any atom is 0.410 e. The first-order valence-corrected chi connectivity index (χ1v) is 7.75. The second-order valence-corrected chi connectivity index (χ2v) is 6.48. The highest BCUT2D eigenvalue weighted by molar-refractivity contribution is 5.76. The number of carbonyl (C=O) groups is 1. The topological polar surface area (TPSA) is 53.9 Å². The van der Waals surface area contributed by atoms with Crippen molar-refractivity contribution in [3.63, 3.8) is 0 Å². The van der Waals surface area contributed by atoms with Crippen LogP contribution < -0.4 is 5.43 Å². The Labute approximate surface area is 132 Å². The monoisotopic (exact) mass is 303 g/mol. The molecule has 1 heterocycles. The van der Waals surface area contributed by atoms with Crippen molar-refractivity contribution >= 4 is 12.3 Å². The van der Waals surface area contributed by atoms with Gasteiger partial charge in [0.1, 0.15) is 5.60 Å². The van der Waals surface area contributed by atoms with Crippen molar-refractivity contribution < 1.29 is 9.53 Å². The summed E-state index contributed by atoms with van der Waals surface area (Å²) in [6, 6.07) is 10.1. The van der Waals surface area contributed by atoms with Gasteiger partial charge in [0.05, 0.1) is 12.6 Å². The Hall–Kier alpha value is -2.04. The van der Waals surface area contributed by atoms with Crippen molar-refractivity contribution in [2.45, 2.75) is 51.8 Å². The van der Waals surface area contributed by atoms with Crippen LogP contribution in [-0.2, 0) is 11.3 Å². The van der Waals surface area contributed by atoms with E-state index in [0.29, 0.717) is 6.54 Å². The van der Waals surface area contributed by atoms with Gasteiger partial charge in [0.2, 0.25) is 0 Å². The second kappa shape index (κ2) is 7.29. The molecular weight excluding hydrogens is 278 g/mol. The van der Waals surface area contributed by atoms with Crippen LogP contribution in [0.4, 0.5) is 4.79 Å². The lowest BCUT2D eigenvalue weighted by Crippen LogP contribution is -2.40. The van der Waals surface area contributed by atoms with Gasteiger partial charge in [0.25, 0.3) is 0 Å². The van der Waals surface area contributed by atoms with E-state index in [0.717, 1.165) is 19.4 Å². The summed E-state index contributed by atoms with van der Waals surface area (Å²) in [5.74, 6) is 0. The summed E-state index contributed by atoms with van der Waals surface area (Å²) in [4.78, 5) is 13.9. The van der Waals surface area contributed by atoms with E-state index in [-0.39, 0.29) is 12.1 Å². The number of nitrogens with one attached hydrogen (secondary N) is 1. The first-order chi connectivity index (χ1) is 10.5. The first-order valence-electron chi connectivity index (χ1n) is 7.75. The molecule has 1 aliphatic rings. The zero-order chi connectivity index (χ0) is 16.0. The number of amides is 1. The molecule has 0 saturated carbocycles. The number of rotatable bonds is 4. The molecule has 0 spiro atoms. The van der Waals surface area contributed by atoms with Crippen molar-refractivity contribution in [1.29, 1.82) is 0 Å². The molecule has 1 fully saturated rings. The number of hydrogen-bond donors (Lipinski definition) is 1. The van der Waals surface area contributed by atoms with Crippen molar-refractivity contribution in [3.05, 3.63) is 35.9 Å². The lowest BCUT2D eigenvalue weighted by Gasteiger charge is -2.26. The number of likely N-dealkylation sites (tertiary alicyclic amines) is 1. The molecule has 0 aromatic heterocycles. The average molecular weight is 303 g/mol. The minimum atomic E-state index is -0.465. The summed E-state index contributed by atoms with van der Waals surface area (Å²) in [5.41, 5.74) is 3.74. The highest BCUT2D eigenvalue weighted by Crippen LogP contribution is 2.19. The van der Waals surface area contributed by atoms with Crippen molar-refractivity contribution in [2.24, 2.45) is 5.10 Å². The quantitative estimate of drug-likeness (QED) is 0.686. The molecule has 0 unspecified atom stereocenters. The summed E-state index contributed by atoms with van der Waals surface area (Å²) in [7, 11) is 0. The van der Waals surface area contributed by atoms with Gasteiger partial charge in [-0.1, -0.05) is 30.3 Å². The van der Waals surface area contributed by atoms with Crippen LogP contribution in [0.25, 0.3) is 0 Å². The normalized spacial score (nSPS) is 18.7. The third-order valence-corrected chi connectivity index (χ3v) is 3.39. The van der Waals surface area contributed by atoms with Gasteiger partial charge in [-0.2, -0.15) is 5.10 Å². The summed E-state index contributed by atoms with van der Waals surface area (Å²) < 4.78 is 5.43. The predicted octanol–water partition coefficient (Wildman–Crippen LogP) is 3.16. The number of hydrogen-bond acceptors (Lipinski definition) is 4. The van der Waals surface area contributed by atoms with E-state index < -0.39 is 5.60 Å². The Bertz CT molecular complexity index is 508. The maximum atomic E-state index is 12.1. The molecule has 5 heteroatoms. The van der Waals surface area contributed by atoms with Gasteiger partial charge < -0.3 is 15.1 Å². The summed E-state index contributed by atoms with van der Waals surface area (Å²) in [5, 5.41) is 4.25. The molecule has 0 bridgehead atoms. The molecular formula is C17H25N3O2. The lowest BCUT2D eigenvalue weighted by molar-refractivity contribution is 0.0268. The Morgan fingerprint density at radius 3 is 2.82 bits per heavy atom. The van der Waals surface area contributed by atoms with Crippen LogP contribution in [0.5, 0.6) is 0 Å². The molecule has 1 amide bonds. The Morgan fingerprint density at radius 1 is 1.41 bits per heavy atom.